The highest BCUT2D eigenvalue weighted by Crippen LogP contribution is 2.77. The molecule has 1 nitrogen and oxygen atoms in total. The molecule has 0 amide bonds. The zero-order valence-electron chi connectivity index (χ0n) is 9.15. The van der Waals surface area contributed by atoms with Gasteiger partial charge in [-0.05, 0) is 29.6 Å². The second kappa shape index (κ2) is 2.11. The van der Waals surface area contributed by atoms with Crippen LogP contribution in [0.4, 0.5) is 0 Å². The van der Waals surface area contributed by atoms with Crippen molar-refractivity contribution in [1.29, 1.82) is 5.26 Å². The van der Waals surface area contributed by atoms with Crippen LogP contribution in [-0.2, 0) is 0 Å². The van der Waals surface area contributed by atoms with Gasteiger partial charge in [-0.15, -0.1) is 0 Å². The summed E-state index contributed by atoms with van der Waals surface area (Å²) < 4.78 is 0. The Bertz CT molecular complexity index is 262. The van der Waals surface area contributed by atoms with Gasteiger partial charge in [0.25, 0.3) is 0 Å². The van der Waals surface area contributed by atoms with Crippen LogP contribution in [0.25, 0.3) is 0 Å². The van der Waals surface area contributed by atoms with Crippen molar-refractivity contribution < 1.29 is 0 Å². The maximum absolute atomic E-state index is 9.26. The molecule has 0 aromatic carbocycles. The molecular formula is C12H19N. The van der Waals surface area contributed by atoms with E-state index in [1.165, 1.54) is 6.42 Å². The zero-order valence-corrected chi connectivity index (χ0v) is 9.15. The molecule has 0 saturated heterocycles. The van der Waals surface area contributed by atoms with E-state index in [0.29, 0.717) is 16.7 Å². The monoisotopic (exact) mass is 177 g/mol. The highest BCUT2D eigenvalue weighted by atomic mass is 14.8. The quantitative estimate of drug-likeness (QED) is 0.602. The maximum Gasteiger partial charge on any atom is 0.0693 e. The number of nitrogens with zero attached hydrogens (tertiary/aromatic N) is 1. The molecule has 2 saturated carbocycles. The van der Waals surface area contributed by atoms with E-state index in [2.05, 4.69) is 33.8 Å². The summed E-state index contributed by atoms with van der Waals surface area (Å²) in [6, 6.07) is 2.59. The largest absolute Gasteiger partial charge is 0.198 e. The molecule has 2 aliphatic rings. The molecule has 0 spiro atoms. The van der Waals surface area contributed by atoms with E-state index in [1.807, 2.05) is 0 Å². The molecule has 0 bridgehead atoms. The second-order valence-corrected chi connectivity index (χ2v) is 6.00. The standard InChI is InChI=1S/C12H19N/c1-10(2)9(11(10,3)4)12(8-13)6-5-7-12/h9H,5-7H2,1-4H3. The third-order valence-electron chi connectivity index (χ3n) is 5.04. The molecule has 0 N–H and O–H groups in total. The summed E-state index contributed by atoms with van der Waals surface area (Å²) in [5.74, 6) is 0.631. The minimum Gasteiger partial charge on any atom is -0.198 e. The Hall–Kier alpha value is -0.510. The summed E-state index contributed by atoms with van der Waals surface area (Å²) in [6.07, 6.45) is 3.54. The average Bonchev–Trinajstić information content (AvgIpc) is 2.31. The van der Waals surface area contributed by atoms with Crippen molar-refractivity contribution in [2.75, 3.05) is 0 Å². The molecule has 0 aliphatic heterocycles. The molecule has 2 fully saturated rings. The van der Waals surface area contributed by atoms with E-state index in [4.69, 9.17) is 0 Å². The summed E-state index contributed by atoms with van der Waals surface area (Å²) in [7, 11) is 0. The lowest BCUT2D eigenvalue weighted by atomic mass is 9.64. The first-order valence-electron chi connectivity index (χ1n) is 5.30. The molecule has 2 rings (SSSR count). The van der Waals surface area contributed by atoms with Crippen LogP contribution in [0.15, 0.2) is 0 Å². The fourth-order valence-corrected chi connectivity index (χ4v) is 3.60. The Kier molecular flexibility index (Phi) is 1.47. The van der Waals surface area contributed by atoms with Gasteiger partial charge >= 0.3 is 0 Å². The smallest absolute Gasteiger partial charge is 0.0693 e. The van der Waals surface area contributed by atoms with Gasteiger partial charge in [0.1, 0.15) is 0 Å². The summed E-state index contributed by atoms with van der Waals surface area (Å²) in [5, 5.41) is 9.26. The van der Waals surface area contributed by atoms with Gasteiger partial charge in [-0.25, -0.2) is 0 Å². The number of nitriles is 1. The minimum absolute atomic E-state index is 0.0486. The molecule has 1 heteroatoms. The SMILES string of the molecule is CC1(C)C(C2(C#N)CCC2)C1(C)C. The number of hydrogen-bond acceptors (Lipinski definition) is 1. The highest BCUT2D eigenvalue weighted by Gasteiger charge is 2.73. The fourth-order valence-electron chi connectivity index (χ4n) is 3.60. The topological polar surface area (TPSA) is 23.8 Å². The first kappa shape index (κ1) is 9.06. The molecule has 2 aliphatic carbocycles. The lowest BCUT2D eigenvalue weighted by Crippen LogP contribution is -2.32. The van der Waals surface area contributed by atoms with Crippen molar-refractivity contribution in [2.45, 2.75) is 47.0 Å². The molecular weight excluding hydrogens is 158 g/mol. The van der Waals surface area contributed by atoms with E-state index in [9.17, 15) is 5.26 Å². The summed E-state index contributed by atoms with van der Waals surface area (Å²) >= 11 is 0. The molecule has 0 radical (unpaired) electrons. The molecule has 0 unspecified atom stereocenters. The van der Waals surface area contributed by atoms with Crippen LogP contribution in [0.5, 0.6) is 0 Å². The van der Waals surface area contributed by atoms with Gasteiger partial charge in [-0.2, -0.15) is 5.26 Å². The van der Waals surface area contributed by atoms with Gasteiger partial charge in [0.05, 0.1) is 11.5 Å². The lowest BCUT2D eigenvalue weighted by Gasteiger charge is -2.37. The highest BCUT2D eigenvalue weighted by molar-refractivity contribution is 5.25. The van der Waals surface area contributed by atoms with Crippen LogP contribution in [0.2, 0.25) is 0 Å². The second-order valence-electron chi connectivity index (χ2n) is 6.00. The van der Waals surface area contributed by atoms with Crippen molar-refractivity contribution in [2.24, 2.45) is 22.2 Å². The Labute approximate surface area is 81.1 Å². The van der Waals surface area contributed by atoms with Crippen LogP contribution in [0, 0.1) is 33.5 Å². The van der Waals surface area contributed by atoms with Gasteiger partial charge < -0.3 is 0 Å². The third-order valence-corrected chi connectivity index (χ3v) is 5.04. The Morgan fingerprint density at radius 1 is 1.08 bits per heavy atom. The predicted molar refractivity (Wildman–Crippen MR) is 52.9 cm³/mol. The van der Waals surface area contributed by atoms with Crippen molar-refractivity contribution >= 4 is 0 Å². The van der Waals surface area contributed by atoms with Crippen molar-refractivity contribution in [3.63, 3.8) is 0 Å². The fraction of sp³-hybridized carbons (Fsp3) is 0.917. The van der Waals surface area contributed by atoms with Gasteiger partial charge in [-0.1, -0.05) is 34.1 Å². The number of hydrogen-bond donors (Lipinski definition) is 0. The Morgan fingerprint density at radius 3 is 1.62 bits per heavy atom. The molecule has 0 heterocycles. The van der Waals surface area contributed by atoms with Gasteiger partial charge in [0.2, 0.25) is 0 Å². The van der Waals surface area contributed by atoms with Gasteiger partial charge in [-0.3, -0.25) is 0 Å². The van der Waals surface area contributed by atoms with Gasteiger partial charge in [0, 0.05) is 0 Å². The summed E-state index contributed by atoms with van der Waals surface area (Å²) in [4.78, 5) is 0. The lowest BCUT2D eigenvalue weighted by molar-refractivity contribution is 0.146. The van der Waals surface area contributed by atoms with E-state index < -0.39 is 0 Å². The van der Waals surface area contributed by atoms with E-state index >= 15 is 0 Å². The summed E-state index contributed by atoms with van der Waals surface area (Å²) in [6.45, 7) is 9.26. The molecule has 0 atom stereocenters. The van der Waals surface area contributed by atoms with Crippen LogP contribution in [-0.4, -0.2) is 0 Å². The van der Waals surface area contributed by atoms with Crippen LogP contribution < -0.4 is 0 Å². The minimum atomic E-state index is 0.0486. The van der Waals surface area contributed by atoms with Gasteiger partial charge in [0.15, 0.2) is 0 Å². The van der Waals surface area contributed by atoms with Crippen LogP contribution in [0.1, 0.15) is 47.0 Å². The molecule has 0 aromatic heterocycles. The van der Waals surface area contributed by atoms with E-state index in [1.54, 1.807) is 0 Å². The van der Waals surface area contributed by atoms with E-state index in [0.717, 1.165) is 12.8 Å². The van der Waals surface area contributed by atoms with Crippen molar-refractivity contribution in [3.05, 3.63) is 0 Å². The van der Waals surface area contributed by atoms with Crippen molar-refractivity contribution in [1.82, 2.24) is 0 Å². The first-order valence-corrected chi connectivity index (χ1v) is 5.30. The normalized spacial score (nSPS) is 33.2. The number of rotatable bonds is 1. The Balaban J connectivity index is 2.26. The Morgan fingerprint density at radius 2 is 1.54 bits per heavy atom. The predicted octanol–water partition coefficient (Wildman–Crippen LogP) is 3.36. The molecule has 13 heavy (non-hydrogen) atoms. The molecule has 72 valence electrons. The molecule has 0 aromatic rings. The zero-order chi connectivity index (χ0) is 9.91. The van der Waals surface area contributed by atoms with Crippen LogP contribution >= 0.6 is 0 Å². The average molecular weight is 177 g/mol. The van der Waals surface area contributed by atoms with Crippen molar-refractivity contribution in [3.8, 4) is 6.07 Å². The maximum atomic E-state index is 9.26. The van der Waals surface area contributed by atoms with E-state index in [-0.39, 0.29) is 5.41 Å². The third kappa shape index (κ3) is 0.822. The van der Waals surface area contributed by atoms with Crippen LogP contribution in [0.3, 0.4) is 0 Å². The first-order chi connectivity index (χ1) is 5.88. The summed E-state index contributed by atoms with van der Waals surface area (Å²) in [5.41, 5.74) is 0.805.